The molecule has 0 aromatic carbocycles. The first-order chi connectivity index (χ1) is 8.08. The Bertz CT molecular complexity index is 474. The van der Waals surface area contributed by atoms with E-state index in [1.54, 1.807) is 0 Å². The van der Waals surface area contributed by atoms with Crippen LogP contribution in [0.2, 0.25) is 0 Å². The lowest BCUT2D eigenvalue weighted by molar-refractivity contribution is -0.142. The third-order valence-corrected chi connectivity index (χ3v) is 3.25. The third-order valence-electron chi connectivity index (χ3n) is 3.25. The SMILES string of the molecule is CC(C)c1noc(CN2C(=O)C3CC3C2=O)n1. The van der Waals surface area contributed by atoms with Gasteiger partial charge in [-0.25, -0.2) is 0 Å². The minimum Gasteiger partial charge on any atom is -0.337 e. The standard InChI is InChI=1S/C11H13N3O3/c1-5(2)9-12-8(17-13-9)4-14-10(15)6-3-7(6)11(14)16/h5-7H,3-4H2,1-2H3. The van der Waals surface area contributed by atoms with Crippen LogP contribution in [0.25, 0.3) is 0 Å². The molecule has 0 bridgehead atoms. The molecule has 2 fully saturated rings. The molecule has 2 unspecified atom stereocenters. The van der Waals surface area contributed by atoms with E-state index in [1.165, 1.54) is 4.90 Å². The number of hydrogen-bond acceptors (Lipinski definition) is 5. The first kappa shape index (κ1) is 10.4. The fourth-order valence-electron chi connectivity index (χ4n) is 2.11. The van der Waals surface area contributed by atoms with E-state index in [-0.39, 0.29) is 36.1 Å². The van der Waals surface area contributed by atoms with Crippen molar-refractivity contribution < 1.29 is 14.1 Å². The van der Waals surface area contributed by atoms with Gasteiger partial charge < -0.3 is 4.52 Å². The average Bonchev–Trinajstić information content (AvgIpc) is 2.88. The molecule has 17 heavy (non-hydrogen) atoms. The van der Waals surface area contributed by atoms with Gasteiger partial charge in [-0.1, -0.05) is 19.0 Å². The number of piperidine rings is 1. The molecule has 6 nitrogen and oxygen atoms in total. The maximum atomic E-state index is 11.7. The van der Waals surface area contributed by atoms with Gasteiger partial charge in [0.25, 0.3) is 0 Å². The van der Waals surface area contributed by atoms with Gasteiger partial charge in [0, 0.05) is 5.92 Å². The highest BCUT2D eigenvalue weighted by molar-refractivity contribution is 6.08. The van der Waals surface area contributed by atoms with Gasteiger partial charge in [-0.3, -0.25) is 14.5 Å². The summed E-state index contributed by atoms with van der Waals surface area (Å²) >= 11 is 0. The Labute approximate surface area is 98.0 Å². The van der Waals surface area contributed by atoms with Gasteiger partial charge in [0.1, 0.15) is 6.54 Å². The van der Waals surface area contributed by atoms with Crippen molar-refractivity contribution in [3.63, 3.8) is 0 Å². The summed E-state index contributed by atoms with van der Waals surface area (Å²) in [7, 11) is 0. The maximum Gasteiger partial charge on any atom is 0.246 e. The molecule has 0 N–H and O–H groups in total. The van der Waals surface area contributed by atoms with Gasteiger partial charge in [-0.15, -0.1) is 0 Å². The zero-order valence-corrected chi connectivity index (χ0v) is 9.71. The average molecular weight is 235 g/mol. The Morgan fingerprint density at radius 1 is 1.35 bits per heavy atom. The molecule has 3 rings (SSSR count). The maximum absolute atomic E-state index is 11.7. The van der Waals surface area contributed by atoms with Crippen molar-refractivity contribution in [3.8, 4) is 0 Å². The first-order valence-electron chi connectivity index (χ1n) is 5.75. The van der Waals surface area contributed by atoms with E-state index in [0.717, 1.165) is 6.42 Å². The van der Waals surface area contributed by atoms with Gasteiger partial charge >= 0.3 is 0 Å². The number of fused-ring (bicyclic) bond motifs is 1. The van der Waals surface area contributed by atoms with Crippen LogP contribution in [0.3, 0.4) is 0 Å². The predicted molar refractivity (Wildman–Crippen MR) is 55.5 cm³/mol. The molecule has 90 valence electrons. The minimum absolute atomic E-state index is 0.0741. The second kappa shape index (κ2) is 3.38. The number of hydrogen-bond donors (Lipinski definition) is 0. The quantitative estimate of drug-likeness (QED) is 0.721. The second-order valence-electron chi connectivity index (χ2n) is 4.91. The van der Waals surface area contributed by atoms with Crippen LogP contribution < -0.4 is 0 Å². The Morgan fingerprint density at radius 2 is 2.00 bits per heavy atom. The molecule has 1 saturated carbocycles. The number of carbonyl (C=O) groups excluding carboxylic acids is 2. The summed E-state index contributed by atoms with van der Waals surface area (Å²) < 4.78 is 5.03. The molecule has 1 aliphatic carbocycles. The van der Waals surface area contributed by atoms with E-state index in [4.69, 9.17) is 4.52 Å². The molecule has 2 atom stereocenters. The highest BCUT2D eigenvalue weighted by Crippen LogP contribution is 2.47. The zero-order valence-electron chi connectivity index (χ0n) is 9.71. The summed E-state index contributed by atoms with van der Waals surface area (Å²) in [4.78, 5) is 28.8. The summed E-state index contributed by atoms with van der Waals surface area (Å²) in [6, 6.07) is 0. The Hall–Kier alpha value is -1.72. The van der Waals surface area contributed by atoms with Crippen LogP contribution in [-0.4, -0.2) is 26.9 Å². The van der Waals surface area contributed by atoms with E-state index in [0.29, 0.717) is 11.7 Å². The van der Waals surface area contributed by atoms with Gasteiger partial charge in [-0.2, -0.15) is 4.98 Å². The van der Waals surface area contributed by atoms with Crippen LogP contribution in [0.5, 0.6) is 0 Å². The second-order valence-corrected chi connectivity index (χ2v) is 4.91. The van der Waals surface area contributed by atoms with E-state index in [9.17, 15) is 9.59 Å². The number of carbonyl (C=O) groups is 2. The van der Waals surface area contributed by atoms with Crippen LogP contribution in [0.4, 0.5) is 0 Å². The molecule has 0 radical (unpaired) electrons. The molecule has 2 aliphatic rings. The van der Waals surface area contributed by atoms with Crippen LogP contribution >= 0.6 is 0 Å². The van der Waals surface area contributed by atoms with Crippen molar-refractivity contribution >= 4 is 11.8 Å². The number of aromatic nitrogens is 2. The monoisotopic (exact) mass is 235 g/mol. The number of rotatable bonds is 3. The molecule has 1 aliphatic heterocycles. The van der Waals surface area contributed by atoms with Crippen LogP contribution in [0, 0.1) is 11.8 Å². The minimum atomic E-state index is -0.0932. The normalized spacial score (nSPS) is 26.9. The third kappa shape index (κ3) is 1.55. The predicted octanol–water partition coefficient (Wildman–Crippen LogP) is 0.698. The molecule has 2 amide bonds. The fourth-order valence-corrected chi connectivity index (χ4v) is 2.11. The summed E-state index contributed by atoms with van der Waals surface area (Å²) in [5, 5.41) is 3.80. The van der Waals surface area contributed by atoms with E-state index >= 15 is 0 Å². The van der Waals surface area contributed by atoms with Crippen molar-refractivity contribution in [1.82, 2.24) is 15.0 Å². The molecule has 1 saturated heterocycles. The lowest BCUT2D eigenvalue weighted by Gasteiger charge is -2.12. The summed E-state index contributed by atoms with van der Waals surface area (Å²) in [5.41, 5.74) is 0. The first-order valence-corrected chi connectivity index (χ1v) is 5.75. The number of likely N-dealkylation sites (tertiary alicyclic amines) is 1. The lowest BCUT2D eigenvalue weighted by atomic mass is 10.2. The van der Waals surface area contributed by atoms with Crippen molar-refractivity contribution in [2.75, 3.05) is 0 Å². The van der Waals surface area contributed by atoms with Gasteiger partial charge in [0.05, 0.1) is 11.8 Å². The number of nitrogens with zero attached hydrogens (tertiary/aromatic N) is 3. The van der Waals surface area contributed by atoms with Crippen LogP contribution in [-0.2, 0) is 16.1 Å². The lowest BCUT2D eigenvalue weighted by Crippen LogP contribution is -2.32. The Balaban J connectivity index is 1.74. The largest absolute Gasteiger partial charge is 0.337 e. The summed E-state index contributed by atoms with van der Waals surface area (Å²) in [6.07, 6.45) is 0.718. The highest BCUT2D eigenvalue weighted by Gasteiger charge is 2.58. The number of amides is 2. The number of imide groups is 1. The summed E-state index contributed by atoms with van der Waals surface area (Å²) in [6.45, 7) is 4.02. The topological polar surface area (TPSA) is 76.3 Å². The molecule has 2 heterocycles. The zero-order chi connectivity index (χ0) is 12.2. The van der Waals surface area contributed by atoms with Crippen molar-refractivity contribution in [2.45, 2.75) is 32.7 Å². The fraction of sp³-hybridized carbons (Fsp3) is 0.636. The van der Waals surface area contributed by atoms with E-state index in [2.05, 4.69) is 10.1 Å². The molecule has 6 heteroatoms. The van der Waals surface area contributed by atoms with Gasteiger partial charge in [0.15, 0.2) is 5.82 Å². The summed E-state index contributed by atoms with van der Waals surface area (Å²) in [5.74, 6) is 0.769. The van der Waals surface area contributed by atoms with Crippen molar-refractivity contribution in [1.29, 1.82) is 0 Å². The van der Waals surface area contributed by atoms with E-state index in [1.807, 2.05) is 13.8 Å². The molecule has 0 spiro atoms. The van der Waals surface area contributed by atoms with Gasteiger partial charge in [-0.05, 0) is 6.42 Å². The van der Waals surface area contributed by atoms with Crippen molar-refractivity contribution in [2.24, 2.45) is 11.8 Å². The van der Waals surface area contributed by atoms with Crippen LogP contribution in [0.15, 0.2) is 4.52 Å². The molecular weight excluding hydrogens is 222 g/mol. The smallest absolute Gasteiger partial charge is 0.246 e. The van der Waals surface area contributed by atoms with Crippen LogP contribution in [0.1, 0.15) is 37.9 Å². The Kier molecular flexibility index (Phi) is 2.08. The molecule has 1 aromatic heterocycles. The molecule has 1 aromatic rings. The molecular formula is C11H13N3O3. The van der Waals surface area contributed by atoms with Crippen molar-refractivity contribution in [3.05, 3.63) is 11.7 Å². The van der Waals surface area contributed by atoms with Gasteiger partial charge in [0.2, 0.25) is 17.7 Å². The van der Waals surface area contributed by atoms with E-state index < -0.39 is 0 Å². The Morgan fingerprint density at radius 3 is 2.53 bits per heavy atom. The highest BCUT2D eigenvalue weighted by atomic mass is 16.5.